The predicted molar refractivity (Wildman–Crippen MR) is 137 cm³/mol. The Morgan fingerprint density at radius 1 is 0.833 bits per heavy atom. The lowest BCUT2D eigenvalue weighted by Crippen LogP contribution is -2.49. The van der Waals surface area contributed by atoms with Crippen molar-refractivity contribution in [2.24, 2.45) is 5.92 Å². The molecule has 4 aliphatic rings. The van der Waals surface area contributed by atoms with Crippen molar-refractivity contribution in [2.75, 3.05) is 88.9 Å². The highest BCUT2D eigenvalue weighted by molar-refractivity contribution is 6.00. The highest BCUT2D eigenvalue weighted by Gasteiger charge is 2.29. The molecule has 36 heavy (non-hydrogen) atoms. The van der Waals surface area contributed by atoms with Crippen LogP contribution in [0.3, 0.4) is 0 Å². The summed E-state index contributed by atoms with van der Waals surface area (Å²) >= 11 is 0. The number of amides is 4. The minimum Gasteiger partial charge on any atom is -0.378 e. The van der Waals surface area contributed by atoms with E-state index in [0.717, 1.165) is 51.0 Å². The molecule has 4 fully saturated rings. The van der Waals surface area contributed by atoms with Gasteiger partial charge in [0.1, 0.15) is 0 Å². The number of nitrogens with one attached hydrogen (secondary N) is 2. The Kier molecular flexibility index (Phi) is 7.91. The van der Waals surface area contributed by atoms with E-state index in [2.05, 4.69) is 15.5 Å². The van der Waals surface area contributed by atoms with Crippen molar-refractivity contribution in [3.05, 3.63) is 23.8 Å². The fourth-order valence-electron chi connectivity index (χ4n) is 5.30. The Bertz CT molecular complexity index is 956. The maximum absolute atomic E-state index is 13.2. The van der Waals surface area contributed by atoms with Crippen molar-refractivity contribution in [1.82, 2.24) is 20.0 Å². The van der Waals surface area contributed by atoms with Gasteiger partial charge in [-0.3, -0.25) is 9.59 Å². The molecule has 0 spiro atoms. The van der Waals surface area contributed by atoms with Crippen molar-refractivity contribution in [3.63, 3.8) is 0 Å². The van der Waals surface area contributed by atoms with E-state index in [0.29, 0.717) is 70.3 Å². The Balaban J connectivity index is 1.32. The van der Waals surface area contributed by atoms with E-state index in [-0.39, 0.29) is 23.8 Å². The summed E-state index contributed by atoms with van der Waals surface area (Å²) in [6.07, 6.45) is 3.77. The molecule has 0 bridgehead atoms. The number of carbonyl (C=O) groups is 3. The van der Waals surface area contributed by atoms with Gasteiger partial charge in [-0.1, -0.05) is 6.42 Å². The summed E-state index contributed by atoms with van der Waals surface area (Å²) in [5.41, 5.74) is 2.21. The molecule has 3 heterocycles. The van der Waals surface area contributed by atoms with Crippen molar-refractivity contribution >= 4 is 29.2 Å². The van der Waals surface area contributed by atoms with Gasteiger partial charge in [0.05, 0.1) is 24.6 Å². The van der Waals surface area contributed by atoms with E-state index < -0.39 is 0 Å². The lowest BCUT2D eigenvalue weighted by molar-refractivity contribution is -0.122. The Morgan fingerprint density at radius 2 is 1.58 bits per heavy atom. The van der Waals surface area contributed by atoms with Crippen LogP contribution in [-0.2, 0) is 9.53 Å². The minimum atomic E-state index is 0.000317. The van der Waals surface area contributed by atoms with Crippen LogP contribution in [-0.4, -0.2) is 111 Å². The molecule has 5 rings (SSSR count). The summed E-state index contributed by atoms with van der Waals surface area (Å²) < 4.78 is 5.39. The average Bonchev–Trinajstić information content (AvgIpc) is 3.14. The molecule has 3 aliphatic heterocycles. The molecule has 10 heteroatoms. The zero-order chi connectivity index (χ0) is 24.9. The number of ether oxygens (including phenoxy) is 1. The second-order valence-electron chi connectivity index (χ2n) is 10.1. The number of nitrogens with zero attached hydrogens (tertiary/aromatic N) is 4. The van der Waals surface area contributed by atoms with Gasteiger partial charge in [-0.25, -0.2) is 4.79 Å². The van der Waals surface area contributed by atoms with Gasteiger partial charge in [-0.05, 0) is 37.5 Å². The lowest BCUT2D eigenvalue weighted by atomic mass is 9.85. The summed E-state index contributed by atoms with van der Waals surface area (Å²) in [6, 6.07) is 5.76. The van der Waals surface area contributed by atoms with Crippen LogP contribution in [0.2, 0.25) is 0 Å². The molecule has 10 nitrogen and oxygen atoms in total. The van der Waals surface area contributed by atoms with Gasteiger partial charge >= 0.3 is 6.03 Å². The summed E-state index contributed by atoms with van der Waals surface area (Å²) in [4.78, 5) is 47.0. The molecule has 196 valence electrons. The molecular formula is C26H38N6O4. The van der Waals surface area contributed by atoms with Gasteiger partial charge in [-0.2, -0.15) is 0 Å². The number of hydrogen-bond donors (Lipinski definition) is 2. The second kappa shape index (κ2) is 11.5. The zero-order valence-electron chi connectivity index (χ0n) is 21.0. The molecule has 1 aromatic rings. The lowest BCUT2D eigenvalue weighted by Gasteiger charge is -2.32. The van der Waals surface area contributed by atoms with Gasteiger partial charge in [0.15, 0.2) is 0 Å². The topological polar surface area (TPSA) is 97.5 Å². The first kappa shape index (κ1) is 24.8. The Morgan fingerprint density at radius 3 is 2.31 bits per heavy atom. The molecule has 0 atom stereocenters. The number of benzene rings is 1. The molecular weight excluding hydrogens is 460 g/mol. The average molecular weight is 499 g/mol. The van der Waals surface area contributed by atoms with Crippen LogP contribution in [0.5, 0.6) is 0 Å². The number of hydrogen-bond acceptors (Lipinski definition) is 6. The number of anilines is 2. The number of carbonyl (C=O) groups excluding carboxylic acids is 3. The zero-order valence-corrected chi connectivity index (χ0v) is 21.0. The number of urea groups is 1. The van der Waals surface area contributed by atoms with Crippen molar-refractivity contribution < 1.29 is 19.1 Å². The third-order valence-corrected chi connectivity index (χ3v) is 7.77. The second-order valence-corrected chi connectivity index (χ2v) is 10.1. The van der Waals surface area contributed by atoms with Crippen LogP contribution in [0.1, 0.15) is 36.0 Å². The summed E-state index contributed by atoms with van der Waals surface area (Å²) in [6.45, 7) is 8.20. The quantitative estimate of drug-likeness (QED) is 0.652. The molecule has 2 N–H and O–H groups in total. The van der Waals surface area contributed by atoms with Crippen molar-refractivity contribution in [3.8, 4) is 0 Å². The highest BCUT2D eigenvalue weighted by Crippen LogP contribution is 2.32. The van der Waals surface area contributed by atoms with E-state index >= 15 is 0 Å². The normalized spacial score (nSPS) is 21.6. The van der Waals surface area contributed by atoms with Crippen LogP contribution in [0.15, 0.2) is 18.2 Å². The number of morpholine rings is 1. The van der Waals surface area contributed by atoms with E-state index in [1.807, 2.05) is 32.9 Å². The largest absolute Gasteiger partial charge is 0.378 e. The first-order valence-electron chi connectivity index (χ1n) is 13.4. The maximum atomic E-state index is 13.2. The third-order valence-electron chi connectivity index (χ3n) is 7.77. The summed E-state index contributed by atoms with van der Waals surface area (Å²) in [7, 11) is 0. The van der Waals surface area contributed by atoms with Crippen LogP contribution in [0.25, 0.3) is 0 Å². The van der Waals surface area contributed by atoms with Crippen molar-refractivity contribution in [2.45, 2.75) is 25.7 Å². The standard InChI is InChI=1S/C26H38N6O4/c33-24(20-3-1-4-20)28-22-19-21(25(34)30-11-7-27-8-12-30)5-6-23(22)29-9-2-10-31(14-13-29)26(35)32-15-17-36-18-16-32/h5-6,19-20,27H,1-4,7-18H2,(H,28,33). The Hall–Kier alpha value is -2.85. The highest BCUT2D eigenvalue weighted by atomic mass is 16.5. The van der Waals surface area contributed by atoms with E-state index in [4.69, 9.17) is 4.74 Å². The van der Waals surface area contributed by atoms with Crippen LogP contribution in [0.4, 0.5) is 16.2 Å². The molecule has 1 aromatic carbocycles. The molecule has 1 saturated carbocycles. The Labute approximate surface area is 212 Å². The number of rotatable bonds is 4. The monoisotopic (exact) mass is 498 g/mol. The van der Waals surface area contributed by atoms with E-state index in [9.17, 15) is 14.4 Å². The van der Waals surface area contributed by atoms with Gasteiger partial charge in [0.2, 0.25) is 5.91 Å². The smallest absolute Gasteiger partial charge is 0.320 e. The molecule has 0 unspecified atom stereocenters. The summed E-state index contributed by atoms with van der Waals surface area (Å²) in [5.74, 6) is 0.0877. The first-order chi connectivity index (χ1) is 17.6. The maximum Gasteiger partial charge on any atom is 0.320 e. The van der Waals surface area contributed by atoms with Crippen LogP contribution < -0.4 is 15.5 Å². The van der Waals surface area contributed by atoms with Gasteiger partial charge in [-0.15, -0.1) is 0 Å². The van der Waals surface area contributed by atoms with Gasteiger partial charge in [0, 0.05) is 76.9 Å². The van der Waals surface area contributed by atoms with Crippen LogP contribution in [0, 0.1) is 5.92 Å². The first-order valence-corrected chi connectivity index (χ1v) is 13.4. The third kappa shape index (κ3) is 5.59. The minimum absolute atomic E-state index is 0.000317. The molecule has 1 aliphatic carbocycles. The summed E-state index contributed by atoms with van der Waals surface area (Å²) in [5, 5.41) is 6.43. The molecule has 0 radical (unpaired) electrons. The predicted octanol–water partition coefficient (Wildman–Crippen LogP) is 1.43. The SMILES string of the molecule is O=C(Nc1cc(C(=O)N2CCNCC2)ccc1N1CCCN(C(=O)N2CCOCC2)CC1)C1CCC1. The van der Waals surface area contributed by atoms with E-state index in [1.165, 1.54) is 0 Å². The molecule has 0 aromatic heterocycles. The fraction of sp³-hybridized carbons (Fsp3) is 0.654. The fourth-order valence-corrected chi connectivity index (χ4v) is 5.30. The van der Waals surface area contributed by atoms with Gasteiger partial charge < -0.3 is 35.0 Å². The molecule has 3 saturated heterocycles. The number of piperazine rings is 1. The van der Waals surface area contributed by atoms with Gasteiger partial charge in [0.25, 0.3) is 5.91 Å². The van der Waals surface area contributed by atoms with Crippen LogP contribution >= 0.6 is 0 Å². The van der Waals surface area contributed by atoms with Crippen molar-refractivity contribution in [1.29, 1.82) is 0 Å². The molecule has 4 amide bonds. The van der Waals surface area contributed by atoms with E-state index in [1.54, 1.807) is 0 Å².